The minimum atomic E-state index is -0.507. The Morgan fingerprint density at radius 2 is 1.95 bits per heavy atom. The van der Waals surface area contributed by atoms with Gasteiger partial charge in [0.25, 0.3) is 0 Å². The van der Waals surface area contributed by atoms with Crippen molar-refractivity contribution in [1.29, 1.82) is 0 Å². The molecule has 1 unspecified atom stereocenters. The second-order valence-corrected chi connectivity index (χ2v) is 5.60. The summed E-state index contributed by atoms with van der Waals surface area (Å²) >= 11 is 0. The normalized spacial score (nSPS) is 18.3. The SMILES string of the molecule is CCC(C)(N)c1noc(C2Cc3ccccc3C2)n1. The van der Waals surface area contributed by atoms with Gasteiger partial charge in [-0.25, -0.2) is 0 Å². The Labute approximate surface area is 113 Å². The first-order chi connectivity index (χ1) is 9.10. The van der Waals surface area contributed by atoms with Crippen LogP contribution in [0.5, 0.6) is 0 Å². The molecule has 19 heavy (non-hydrogen) atoms. The van der Waals surface area contributed by atoms with Crippen LogP contribution in [0.3, 0.4) is 0 Å². The Bertz CT molecular complexity index is 564. The van der Waals surface area contributed by atoms with Crippen molar-refractivity contribution in [3.63, 3.8) is 0 Å². The Morgan fingerprint density at radius 3 is 2.53 bits per heavy atom. The minimum absolute atomic E-state index is 0.298. The van der Waals surface area contributed by atoms with Crippen LogP contribution in [0.15, 0.2) is 28.8 Å². The van der Waals surface area contributed by atoms with Gasteiger partial charge >= 0.3 is 0 Å². The molecule has 0 radical (unpaired) electrons. The second kappa shape index (κ2) is 4.46. The van der Waals surface area contributed by atoms with Gasteiger partial charge in [-0.2, -0.15) is 4.98 Å². The lowest BCUT2D eigenvalue weighted by molar-refractivity contribution is 0.337. The first-order valence-electron chi connectivity index (χ1n) is 6.80. The van der Waals surface area contributed by atoms with Gasteiger partial charge in [-0.05, 0) is 37.3 Å². The van der Waals surface area contributed by atoms with Crippen LogP contribution >= 0.6 is 0 Å². The van der Waals surface area contributed by atoms with E-state index < -0.39 is 5.54 Å². The highest BCUT2D eigenvalue weighted by Gasteiger charge is 2.30. The van der Waals surface area contributed by atoms with Crippen molar-refractivity contribution in [2.24, 2.45) is 5.73 Å². The highest BCUT2D eigenvalue weighted by atomic mass is 16.5. The van der Waals surface area contributed by atoms with E-state index in [1.54, 1.807) is 0 Å². The van der Waals surface area contributed by atoms with Gasteiger partial charge in [0.15, 0.2) is 5.82 Å². The Morgan fingerprint density at radius 1 is 1.32 bits per heavy atom. The van der Waals surface area contributed by atoms with E-state index in [2.05, 4.69) is 34.4 Å². The molecule has 1 aliphatic rings. The van der Waals surface area contributed by atoms with Crippen molar-refractivity contribution in [1.82, 2.24) is 10.1 Å². The average molecular weight is 257 g/mol. The van der Waals surface area contributed by atoms with Crippen LogP contribution in [-0.4, -0.2) is 10.1 Å². The number of nitrogens with zero attached hydrogens (tertiary/aromatic N) is 2. The molecule has 0 saturated heterocycles. The summed E-state index contributed by atoms with van der Waals surface area (Å²) in [6, 6.07) is 8.50. The molecule has 0 aliphatic heterocycles. The molecule has 4 nitrogen and oxygen atoms in total. The lowest BCUT2D eigenvalue weighted by Gasteiger charge is -2.16. The largest absolute Gasteiger partial charge is 0.339 e. The minimum Gasteiger partial charge on any atom is -0.339 e. The van der Waals surface area contributed by atoms with Gasteiger partial charge in [0, 0.05) is 5.92 Å². The molecule has 1 heterocycles. The van der Waals surface area contributed by atoms with E-state index in [1.165, 1.54) is 11.1 Å². The fraction of sp³-hybridized carbons (Fsp3) is 0.467. The van der Waals surface area contributed by atoms with Gasteiger partial charge in [0.2, 0.25) is 5.89 Å². The summed E-state index contributed by atoms with van der Waals surface area (Å²) < 4.78 is 5.43. The second-order valence-electron chi connectivity index (χ2n) is 5.60. The van der Waals surface area contributed by atoms with E-state index in [9.17, 15) is 0 Å². The monoisotopic (exact) mass is 257 g/mol. The van der Waals surface area contributed by atoms with E-state index in [0.717, 1.165) is 25.2 Å². The van der Waals surface area contributed by atoms with E-state index in [4.69, 9.17) is 10.3 Å². The van der Waals surface area contributed by atoms with Gasteiger partial charge in [0.05, 0.1) is 5.54 Å². The molecule has 100 valence electrons. The molecule has 0 spiro atoms. The molecule has 1 aromatic carbocycles. The molecule has 0 amide bonds. The summed E-state index contributed by atoms with van der Waals surface area (Å²) in [4.78, 5) is 4.52. The number of aromatic nitrogens is 2. The summed E-state index contributed by atoms with van der Waals surface area (Å²) in [6.07, 6.45) is 2.74. The third-order valence-corrected chi connectivity index (χ3v) is 4.09. The molecular weight excluding hydrogens is 238 g/mol. The molecule has 0 bridgehead atoms. The predicted octanol–water partition coefficient (Wildman–Crippen LogP) is 2.54. The van der Waals surface area contributed by atoms with Crippen molar-refractivity contribution >= 4 is 0 Å². The number of nitrogens with two attached hydrogens (primary N) is 1. The molecule has 1 aliphatic carbocycles. The van der Waals surface area contributed by atoms with Gasteiger partial charge in [0.1, 0.15) is 0 Å². The lowest BCUT2D eigenvalue weighted by Crippen LogP contribution is -2.33. The Balaban J connectivity index is 1.83. The topological polar surface area (TPSA) is 64.9 Å². The molecule has 0 saturated carbocycles. The summed E-state index contributed by atoms with van der Waals surface area (Å²) in [7, 11) is 0. The number of rotatable bonds is 3. The van der Waals surface area contributed by atoms with E-state index >= 15 is 0 Å². The fourth-order valence-corrected chi connectivity index (χ4v) is 2.52. The number of fused-ring (bicyclic) bond motifs is 1. The molecule has 4 heteroatoms. The van der Waals surface area contributed by atoms with Crippen LogP contribution in [0.4, 0.5) is 0 Å². The number of hydrogen-bond donors (Lipinski definition) is 1. The predicted molar refractivity (Wildman–Crippen MR) is 72.7 cm³/mol. The molecule has 3 rings (SSSR count). The first kappa shape index (κ1) is 12.4. The Kier molecular flexibility index (Phi) is 2.90. The zero-order chi connectivity index (χ0) is 13.5. The zero-order valence-electron chi connectivity index (χ0n) is 11.4. The molecule has 2 N–H and O–H groups in total. The van der Waals surface area contributed by atoms with E-state index in [-0.39, 0.29) is 0 Å². The molecular formula is C15H19N3O. The molecule has 2 aromatic rings. The molecule has 1 atom stereocenters. The van der Waals surface area contributed by atoms with Crippen molar-refractivity contribution < 1.29 is 4.52 Å². The van der Waals surface area contributed by atoms with Crippen LogP contribution < -0.4 is 5.73 Å². The van der Waals surface area contributed by atoms with Crippen LogP contribution in [0.25, 0.3) is 0 Å². The third kappa shape index (κ3) is 2.16. The van der Waals surface area contributed by atoms with Crippen molar-refractivity contribution in [2.75, 3.05) is 0 Å². The lowest BCUT2D eigenvalue weighted by atomic mass is 10.00. The van der Waals surface area contributed by atoms with E-state index in [0.29, 0.717) is 11.7 Å². The summed E-state index contributed by atoms with van der Waals surface area (Å²) in [5, 5.41) is 4.05. The van der Waals surface area contributed by atoms with Crippen molar-refractivity contribution in [3.8, 4) is 0 Å². The summed E-state index contributed by atoms with van der Waals surface area (Å²) in [6.45, 7) is 3.96. The maximum absolute atomic E-state index is 6.15. The number of benzene rings is 1. The van der Waals surface area contributed by atoms with Gasteiger partial charge in [-0.1, -0.05) is 36.3 Å². The van der Waals surface area contributed by atoms with Crippen LogP contribution in [-0.2, 0) is 18.4 Å². The Hall–Kier alpha value is -1.68. The van der Waals surface area contributed by atoms with Crippen LogP contribution in [0.2, 0.25) is 0 Å². The molecule has 1 aromatic heterocycles. The van der Waals surface area contributed by atoms with Crippen molar-refractivity contribution in [3.05, 3.63) is 47.1 Å². The third-order valence-electron chi connectivity index (χ3n) is 4.09. The van der Waals surface area contributed by atoms with Gasteiger partial charge in [-0.15, -0.1) is 0 Å². The highest BCUT2D eigenvalue weighted by Crippen LogP contribution is 2.33. The summed E-state index contributed by atoms with van der Waals surface area (Å²) in [5.74, 6) is 1.63. The zero-order valence-corrected chi connectivity index (χ0v) is 11.4. The number of hydrogen-bond acceptors (Lipinski definition) is 4. The van der Waals surface area contributed by atoms with Crippen LogP contribution in [0.1, 0.15) is 49.0 Å². The van der Waals surface area contributed by atoms with Gasteiger partial charge in [-0.3, -0.25) is 0 Å². The smallest absolute Gasteiger partial charge is 0.230 e. The maximum Gasteiger partial charge on any atom is 0.230 e. The summed E-state index contributed by atoms with van der Waals surface area (Å²) in [5.41, 5.74) is 8.42. The van der Waals surface area contributed by atoms with Gasteiger partial charge < -0.3 is 10.3 Å². The van der Waals surface area contributed by atoms with Crippen LogP contribution in [0, 0.1) is 0 Å². The maximum atomic E-state index is 6.15. The first-order valence-corrected chi connectivity index (χ1v) is 6.80. The van der Waals surface area contributed by atoms with E-state index in [1.807, 2.05) is 13.8 Å². The molecule has 0 fully saturated rings. The quantitative estimate of drug-likeness (QED) is 0.917. The fourth-order valence-electron chi connectivity index (χ4n) is 2.52. The van der Waals surface area contributed by atoms with Crippen molar-refractivity contribution in [2.45, 2.75) is 44.6 Å². The highest BCUT2D eigenvalue weighted by molar-refractivity contribution is 5.34. The average Bonchev–Trinajstić information content (AvgIpc) is 3.05. The standard InChI is InChI=1S/C15H19N3O/c1-3-15(2,16)14-17-13(19-18-14)12-8-10-6-4-5-7-11(10)9-12/h4-7,12H,3,8-9,16H2,1-2H3.